The van der Waals surface area contributed by atoms with Crippen LogP contribution in [0.5, 0.6) is 0 Å². The van der Waals surface area contributed by atoms with Gasteiger partial charge in [0.1, 0.15) is 5.82 Å². The van der Waals surface area contributed by atoms with Gasteiger partial charge in [0, 0.05) is 12.6 Å². The van der Waals surface area contributed by atoms with Crippen LogP contribution in [0.4, 0.5) is 5.69 Å². The average molecular weight is 372 g/mol. The minimum absolute atomic E-state index is 0.0499. The molecule has 0 radical (unpaired) electrons. The van der Waals surface area contributed by atoms with Crippen LogP contribution in [0.1, 0.15) is 12.7 Å². The third kappa shape index (κ3) is 3.42. The minimum atomic E-state index is -4.01. The summed E-state index contributed by atoms with van der Waals surface area (Å²) in [6.45, 7) is 2.89. The Morgan fingerprint density at radius 1 is 1.08 bits per heavy atom. The van der Waals surface area contributed by atoms with E-state index in [0.717, 1.165) is 4.68 Å². The summed E-state index contributed by atoms with van der Waals surface area (Å²) in [5.41, 5.74) is 0.453. The number of hydrogen-bond donors (Lipinski definition) is 2. The number of para-hydroxylation sites is 1. The number of aromatic nitrogens is 2. The molecular formula is C17H16N4O4S. The summed E-state index contributed by atoms with van der Waals surface area (Å²) in [4.78, 5) is 30.1. The number of fused-ring (bicyclic) bond motifs is 1. The van der Waals surface area contributed by atoms with Gasteiger partial charge in [0.15, 0.2) is 0 Å². The Hall–Kier alpha value is -3.20. The fourth-order valence-electron chi connectivity index (χ4n) is 2.44. The van der Waals surface area contributed by atoms with E-state index in [1.54, 1.807) is 24.3 Å². The summed E-state index contributed by atoms with van der Waals surface area (Å²) >= 11 is 0. The Bertz CT molecular complexity index is 1150. The Morgan fingerprint density at radius 2 is 1.73 bits per heavy atom. The van der Waals surface area contributed by atoms with Gasteiger partial charge in [-0.1, -0.05) is 12.1 Å². The molecule has 1 amide bonds. The van der Waals surface area contributed by atoms with E-state index < -0.39 is 15.6 Å². The van der Waals surface area contributed by atoms with Crippen molar-refractivity contribution in [3.8, 4) is 0 Å². The molecule has 0 aliphatic carbocycles. The van der Waals surface area contributed by atoms with E-state index in [1.165, 1.54) is 38.1 Å². The van der Waals surface area contributed by atoms with Gasteiger partial charge in [0.2, 0.25) is 5.91 Å². The SMILES string of the molecule is CC(=O)Nc1ccc(S(=O)(=O)Nn2c(C)nc3ccccc3c2=O)cc1. The van der Waals surface area contributed by atoms with Gasteiger partial charge < -0.3 is 5.32 Å². The molecule has 0 aliphatic rings. The summed E-state index contributed by atoms with van der Waals surface area (Å²) < 4.78 is 26.1. The van der Waals surface area contributed by atoms with Gasteiger partial charge in [0.25, 0.3) is 15.6 Å². The van der Waals surface area contributed by atoms with Crippen molar-refractivity contribution in [3.05, 3.63) is 64.7 Å². The van der Waals surface area contributed by atoms with Gasteiger partial charge in [-0.15, -0.1) is 0 Å². The lowest BCUT2D eigenvalue weighted by Gasteiger charge is -2.13. The second-order valence-electron chi connectivity index (χ2n) is 5.62. The van der Waals surface area contributed by atoms with Gasteiger partial charge in [-0.05, 0) is 43.3 Å². The molecule has 3 aromatic rings. The first-order chi connectivity index (χ1) is 12.3. The lowest BCUT2D eigenvalue weighted by Crippen LogP contribution is -2.35. The second-order valence-corrected chi connectivity index (χ2v) is 7.28. The first kappa shape index (κ1) is 17.6. The normalized spacial score (nSPS) is 11.3. The van der Waals surface area contributed by atoms with E-state index in [0.29, 0.717) is 16.6 Å². The molecule has 3 rings (SSSR count). The van der Waals surface area contributed by atoms with Crippen molar-refractivity contribution in [1.82, 2.24) is 9.66 Å². The molecule has 0 atom stereocenters. The van der Waals surface area contributed by atoms with Crippen LogP contribution in [0, 0.1) is 6.92 Å². The number of nitrogens with zero attached hydrogens (tertiary/aromatic N) is 2. The van der Waals surface area contributed by atoms with Crippen molar-refractivity contribution in [1.29, 1.82) is 0 Å². The first-order valence-electron chi connectivity index (χ1n) is 7.67. The molecule has 1 heterocycles. The highest BCUT2D eigenvalue weighted by Gasteiger charge is 2.17. The third-order valence-electron chi connectivity index (χ3n) is 3.64. The van der Waals surface area contributed by atoms with Crippen molar-refractivity contribution in [2.45, 2.75) is 18.7 Å². The summed E-state index contributed by atoms with van der Waals surface area (Å²) in [6, 6.07) is 12.3. The molecule has 0 aliphatic heterocycles. The largest absolute Gasteiger partial charge is 0.326 e. The fourth-order valence-corrected chi connectivity index (χ4v) is 3.50. The van der Waals surface area contributed by atoms with Crippen LogP contribution in [0.15, 0.2) is 58.2 Å². The standard InChI is InChI=1S/C17H16N4O4S/c1-11-18-16-6-4-3-5-15(16)17(23)21(11)20-26(24,25)14-9-7-13(8-10-14)19-12(2)22/h3-10,20H,1-2H3,(H,19,22). The molecule has 8 nitrogen and oxygen atoms in total. The van der Waals surface area contributed by atoms with E-state index in [-0.39, 0.29) is 16.6 Å². The number of hydrogen-bond acceptors (Lipinski definition) is 5. The summed E-state index contributed by atoms with van der Waals surface area (Å²) in [5, 5.41) is 2.86. The van der Waals surface area contributed by atoms with Crippen molar-refractivity contribution in [2.75, 3.05) is 10.1 Å². The first-order valence-corrected chi connectivity index (χ1v) is 9.15. The quantitative estimate of drug-likeness (QED) is 0.723. The van der Waals surface area contributed by atoms with Crippen molar-refractivity contribution < 1.29 is 13.2 Å². The molecule has 2 aromatic carbocycles. The lowest BCUT2D eigenvalue weighted by atomic mass is 10.2. The molecule has 1 aromatic heterocycles. The molecule has 0 spiro atoms. The Labute approximate surface area is 149 Å². The zero-order valence-electron chi connectivity index (χ0n) is 14.1. The monoisotopic (exact) mass is 372 g/mol. The maximum atomic E-state index is 12.6. The van der Waals surface area contributed by atoms with Crippen LogP contribution in [-0.2, 0) is 14.8 Å². The van der Waals surface area contributed by atoms with Gasteiger partial charge in [-0.25, -0.2) is 9.82 Å². The van der Waals surface area contributed by atoms with Gasteiger partial charge in [0.05, 0.1) is 15.8 Å². The van der Waals surface area contributed by atoms with Crippen LogP contribution in [0.2, 0.25) is 0 Å². The average Bonchev–Trinajstić information content (AvgIpc) is 2.58. The minimum Gasteiger partial charge on any atom is -0.326 e. The predicted molar refractivity (Wildman–Crippen MR) is 98.0 cm³/mol. The zero-order chi connectivity index (χ0) is 18.9. The topological polar surface area (TPSA) is 110 Å². The molecule has 2 N–H and O–H groups in total. The molecule has 0 bridgehead atoms. The number of benzene rings is 2. The van der Waals surface area contributed by atoms with E-state index in [2.05, 4.69) is 15.1 Å². The van der Waals surface area contributed by atoms with Crippen LogP contribution < -0.4 is 15.7 Å². The fraction of sp³-hybridized carbons (Fsp3) is 0.118. The highest BCUT2D eigenvalue weighted by atomic mass is 32.2. The van der Waals surface area contributed by atoms with Gasteiger partial charge >= 0.3 is 0 Å². The number of amides is 1. The maximum absolute atomic E-state index is 12.6. The van der Waals surface area contributed by atoms with Crippen molar-refractivity contribution >= 4 is 32.5 Å². The molecular weight excluding hydrogens is 356 g/mol. The van der Waals surface area contributed by atoms with Crippen molar-refractivity contribution in [2.24, 2.45) is 0 Å². The van der Waals surface area contributed by atoms with Crippen LogP contribution in [0.25, 0.3) is 10.9 Å². The van der Waals surface area contributed by atoms with E-state index in [4.69, 9.17) is 0 Å². The maximum Gasteiger partial charge on any atom is 0.280 e. The van der Waals surface area contributed by atoms with Gasteiger partial charge in [-0.2, -0.15) is 13.1 Å². The lowest BCUT2D eigenvalue weighted by molar-refractivity contribution is -0.114. The van der Waals surface area contributed by atoms with Crippen LogP contribution in [0.3, 0.4) is 0 Å². The summed E-state index contributed by atoms with van der Waals surface area (Å²) in [7, 11) is -4.01. The molecule has 9 heteroatoms. The highest BCUT2D eigenvalue weighted by molar-refractivity contribution is 7.92. The number of sulfonamides is 1. The molecule has 0 fully saturated rings. The Morgan fingerprint density at radius 3 is 2.38 bits per heavy atom. The van der Waals surface area contributed by atoms with E-state index in [9.17, 15) is 18.0 Å². The molecule has 0 unspecified atom stereocenters. The number of anilines is 1. The molecule has 0 saturated carbocycles. The number of aryl methyl sites for hydroxylation is 1. The number of nitrogens with one attached hydrogen (secondary N) is 2. The van der Waals surface area contributed by atoms with E-state index in [1.807, 2.05) is 0 Å². The smallest absolute Gasteiger partial charge is 0.280 e. The number of carbonyl (C=O) groups excluding carboxylic acids is 1. The molecule has 134 valence electrons. The second kappa shape index (κ2) is 6.60. The van der Waals surface area contributed by atoms with E-state index >= 15 is 0 Å². The predicted octanol–water partition coefficient (Wildman–Crippen LogP) is 1.60. The zero-order valence-corrected chi connectivity index (χ0v) is 14.9. The number of rotatable bonds is 4. The Kier molecular flexibility index (Phi) is 4.47. The van der Waals surface area contributed by atoms with Gasteiger partial charge in [-0.3, -0.25) is 9.59 Å². The van der Waals surface area contributed by atoms with Crippen LogP contribution >= 0.6 is 0 Å². The molecule has 26 heavy (non-hydrogen) atoms. The summed E-state index contributed by atoms with van der Waals surface area (Å²) in [5.74, 6) is -0.0460. The van der Waals surface area contributed by atoms with Crippen molar-refractivity contribution in [3.63, 3.8) is 0 Å². The highest BCUT2D eigenvalue weighted by Crippen LogP contribution is 2.15. The number of carbonyl (C=O) groups is 1. The third-order valence-corrected chi connectivity index (χ3v) is 4.96. The van der Waals surface area contributed by atoms with Crippen LogP contribution in [-0.4, -0.2) is 24.0 Å². The Balaban J connectivity index is 1.98. The molecule has 0 saturated heterocycles. The summed E-state index contributed by atoms with van der Waals surface area (Å²) in [6.07, 6.45) is 0.